The first kappa shape index (κ1) is 10.8. The van der Waals surface area contributed by atoms with Gasteiger partial charge in [0.25, 0.3) is 0 Å². The summed E-state index contributed by atoms with van der Waals surface area (Å²) in [5.74, 6) is -1.28. The van der Waals surface area contributed by atoms with Crippen molar-refractivity contribution in [3.05, 3.63) is 24.4 Å². The number of rotatable bonds is 4. The van der Waals surface area contributed by atoms with Crippen molar-refractivity contribution in [3.8, 4) is 0 Å². The van der Waals surface area contributed by atoms with E-state index in [1.807, 2.05) is 0 Å². The van der Waals surface area contributed by atoms with E-state index in [1.165, 1.54) is 6.20 Å². The van der Waals surface area contributed by atoms with E-state index in [1.54, 1.807) is 18.2 Å². The maximum Gasteiger partial charge on any atom is 0.321 e. The monoisotopic (exact) mass is 214 g/mol. The number of carboxylic acids is 1. The van der Waals surface area contributed by atoms with E-state index >= 15 is 0 Å². The minimum absolute atomic E-state index is 0.119. The number of hydrogen-bond acceptors (Lipinski definition) is 4. The SMILES string of the molecule is N[C@@H](CS(=O)c1ccccn1)C(=O)O. The molecule has 2 atom stereocenters. The number of hydrogen-bond donors (Lipinski definition) is 2. The Labute approximate surface area is 83.4 Å². The standard InChI is InChI=1S/C8H10N2O3S/c9-6(8(11)12)5-14(13)7-3-1-2-4-10-7/h1-4,6H,5,9H2,(H,11,12)/t6-,14?/m0/s1. The Morgan fingerprint density at radius 2 is 2.36 bits per heavy atom. The molecule has 1 unspecified atom stereocenters. The minimum atomic E-state index is -1.45. The van der Waals surface area contributed by atoms with Crippen LogP contribution in [0.3, 0.4) is 0 Å². The zero-order valence-electron chi connectivity index (χ0n) is 7.29. The predicted molar refractivity (Wildman–Crippen MR) is 51.1 cm³/mol. The molecule has 0 aliphatic heterocycles. The van der Waals surface area contributed by atoms with Crippen molar-refractivity contribution in [3.63, 3.8) is 0 Å². The second kappa shape index (κ2) is 4.83. The highest BCUT2D eigenvalue weighted by Gasteiger charge is 2.16. The van der Waals surface area contributed by atoms with E-state index in [4.69, 9.17) is 10.8 Å². The fourth-order valence-corrected chi connectivity index (χ4v) is 1.85. The quantitative estimate of drug-likeness (QED) is 0.711. The second-order valence-corrected chi connectivity index (χ2v) is 4.07. The summed E-state index contributed by atoms with van der Waals surface area (Å²) >= 11 is 0. The Bertz CT molecular complexity index is 342. The molecule has 0 radical (unpaired) electrons. The van der Waals surface area contributed by atoms with Gasteiger partial charge in [-0.2, -0.15) is 0 Å². The fraction of sp³-hybridized carbons (Fsp3) is 0.250. The minimum Gasteiger partial charge on any atom is -0.480 e. The smallest absolute Gasteiger partial charge is 0.321 e. The van der Waals surface area contributed by atoms with Gasteiger partial charge in [0.05, 0.1) is 16.6 Å². The molecule has 14 heavy (non-hydrogen) atoms. The Hall–Kier alpha value is -1.27. The first-order chi connectivity index (χ1) is 6.61. The zero-order valence-corrected chi connectivity index (χ0v) is 8.11. The van der Waals surface area contributed by atoms with E-state index in [0.717, 1.165) is 0 Å². The van der Waals surface area contributed by atoms with Crippen LogP contribution >= 0.6 is 0 Å². The van der Waals surface area contributed by atoms with Crippen LogP contribution in [0.4, 0.5) is 0 Å². The average molecular weight is 214 g/mol. The van der Waals surface area contributed by atoms with Crippen molar-refractivity contribution in [2.75, 3.05) is 5.75 Å². The van der Waals surface area contributed by atoms with Gasteiger partial charge < -0.3 is 10.8 Å². The summed E-state index contributed by atoms with van der Waals surface area (Å²) in [5.41, 5.74) is 5.23. The number of aliphatic carboxylic acids is 1. The highest BCUT2D eigenvalue weighted by Crippen LogP contribution is 2.02. The van der Waals surface area contributed by atoms with Gasteiger partial charge in [0, 0.05) is 6.20 Å². The van der Waals surface area contributed by atoms with E-state index in [0.29, 0.717) is 5.03 Å². The van der Waals surface area contributed by atoms with Crippen molar-refractivity contribution in [1.82, 2.24) is 4.98 Å². The maximum atomic E-state index is 11.5. The molecule has 0 saturated carbocycles. The van der Waals surface area contributed by atoms with Gasteiger partial charge in [-0.25, -0.2) is 4.98 Å². The van der Waals surface area contributed by atoms with Crippen LogP contribution in [0, 0.1) is 0 Å². The van der Waals surface area contributed by atoms with Crippen LogP contribution in [-0.4, -0.2) is 32.1 Å². The van der Waals surface area contributed by atoms with Gasteiger partial charge >= 0.3 is 5.97 Å². The molecule has 0 aliphatic carbocycles. The Balaban J connectivity index is 2.64. The largest absolute Gasteiger partial charge is 0.480 e. The van der Waals surface area contributed by atoms with E-state index in [2.05, 4.69) is 4.98 Å². The molecule has 0 spiro atoms. The predicted octanol–water partition coefficient (Wildman–Crippen LogP) is -0.399. The normalized spacial score (nSPS) is 14.6. The Kier molecular flexibility index (Phi) is 3.73. The molecule has 0 saturated heterocycles. The lowest BCUT2D eigenvalue weighted by molar-refractivity contribution is -0.137. The molecule has 1 aromatic heterocycles. The van der Waals surface area contributed by atoms with Crippen molar-refractivity contribution in [2.45, 2.75) is 11.1 Å². The first-order valence-electron chi connectivity index (χ1n) is 3.89. The van der Waals surface area contributed by atoms with Crippen LogP contribution in [0.25, 0.3) is 0 Å². The van der Waals surface area contributed by atoms with Crippen molar-refractivity contribution in [2.24, 2.45) is 5.73 Å². The molecule has 76 valence electrons. The van der Waals surface area contributed by atoms with E-state index in [-0.39, 0.29) is 5.75 Å². The molecular formula is C8H10N2O3S. The molecular weight excluding hydrogens is 204 g/mol. The lowest BCUT2D eigenvalue weighted by Gasteiger charge is -2.04. The molecule has 0 bridgehead atoms. The van der Waals surface area contributed by atoms with Crippen molar-refractivity contribution < 1.29 is 14.1 Å². The zero-order chi connectivity index (χ0) is 10.6. The number of pyridine rings is 1. The van der Waals surface area contributed by atoms with E-state index in [9.17, 15) is 9.00 Å². The Morgan fingerprint density at radius 3 is 2.86 bits per heavy atom. The third-order valence-electron chi connectivity index (χ3n) is 1.52. The molecule has 3 N–H and O–H groups in total. The van der Waals surface area contributed by atoms with Crippen molar-refractivity contribution in [1.29, 1.82) is 0 Å². The van der Waals surface area contributed by atoms with Gasteiger partial charge in [-0.15, -0.1) is 0 Å². The van der Waals surface area contributed by atoms with Crippen LogP contribution in [0.1, 0.15) is 0 Å². The molecule has 0 aliphatic rings. The lowest BCUT2D eigenvalue weighted by Crippen LogP contribution is -2.35. The number of aromatic nitrogens is 1. The summed E-state index contributed by atoms with van der Waals surface area (Å²) < 4.78 is 11.5. The van der Waals surface area contributed by atoms with Gasteiger partial charge in [-0.05, 0) is 12.1 Å². The number of carbonyl (C=O) groups is 1. The van der Waals surface area contributed by atoms with Gasteiger partial charge in [-0.3, -0.25) is 9.00 Å². The van der Waals surface area contributed by atoms with Crippen molar-refractivity contribution >= 4 is 16.8 Å². The molecule has 0 amide bonds. The topological polar surface area (TPSA) is 93.3 Å². The third kappa shape index (κ3) is 2.90. The number of carboxylic acid groups (broad SMARTS) is 1. The van der Waals surface area contributed by atoms with Gasteiger partial charge in [0.15, 0.2) is 0 Å². The fourth-order valence-electron chi connectivity index (χ4n) is 0.802. The van der Waals surface area contributed by atoms with Crippen LogP contribution < -0.4 is 5.73 Å². The lowest BCUT2D eigenvalue weighted by atomic mass is 10.4. The second-order valence-electron chi connectivity index (χ2n) is 2.62. The summed E-state index contributed by atoms with van der Waals surface area (Å²) in [6.07, 6.45) is 1.50. The summed E-state index contributed by atoms with van der Waals surface area (Å²) in [5, 5.41) is 8.85. The summed E-state index contributed by atoms with van der Waals surface area (Å²) in [7, 11) is -1.45. The van der Waals surface area contributed by atoms with Crippen LogP contribution in [0.15, 0.2) is 29.4 Å². The summed E-state index contributed by atoms with van der Waals surface area (Å²) in [4.78, 5) is 14.2. The molecule has 1 heterocycles. The molecule has 1 aromatic rings. The van der Waals surface area contributed by atoms with Crippen LogP contribution in [0.5, 0.6) is 0 Å². The summed E-state index contributed by atoms with van der Waals surface area (Å²) in [6, 6.07) is 3.84. The molecule has 1 rings (SSSR count). The maximum absolute atomic E-state index is 11.5. The van der Waals surface area contributed by atoms with Crippen LogP contribution in [0.2, 0.25) is 0 Å². The van der Waals surface area contributed by atoms with Gasteiger partial charge in [0.2, 0.25) is 0 Å². The van der Waals surface area contributed by atoms with Gasteiger partial charge in [-0.1, -0.05) is 6.07 Å². The molecule has 0 aromatic carbocycles. The molecule has 5 nitrogen and oxygen atoms in total. The van der Waals surface area contributed by atoms with Crippen LogP contribution in [-0.2, 0) is 15.6 Å². The van der Waals surface area contributed by atoms with Gasteiger partial charge in [0.1, 0.15) is 11.1 Å². The number of nitrogens with zero attached hydrogens (tertiary/aromatic N) is 1. The summed E-state index contributed by atoms with van der Waals surface area (Å²) in [6.45, 7) is 0. The highest BCUT2D eigenvalue weighted by molar-refractivity contribution is 7.85. The van der Waals surface area contributed by atoms with E-state index < -0.39 is 22.8 Å². The highest BCUT2D eigenvalue weighted by atomic mass is 32.2. The third-order valence-corrected chi connectivity index (χ3v) is 2.89. The average Bonchev–Trinajstić information content (AvgIpc) is 2.19. The number of nitrogens with two attached hydrogens (primary N) is 1. The molecule has 0 fully saturated rings. The molecule has 6 heteroatoms. The first-order valence-corrected chi connectivity index (χ1v) is 5.21. The Morgan fingerprint density at radius 1 is 1.64 bits per heavy atom.